The van der Waals surface area contributed by atoms with Crippen molar-refractivity contribution in [3.63, 3.8) is 0 Å². The Kier molecular flexibility index (Phi) is 5.84. The van der Waals surface area contributed by atoms with Gasteiger partial charge in [-0.3, -0.25) is 14.8 Å². The zero-order chi connectivity index (χ0) is 23.1. The molecule has 2 aliphatic rings. The van der Waals surface area contributed by atoms with Crippen molar-refractivity contribution in [2.45, 2.75) is 25.9 Å². The summed E-state index contributed by atoms with van der Waals surface area (Å²) in [6, 6.07) is 1.71. The van der Waals surface area contributed by atoms with Gasteiger partial charge >= 0.3 is 0 Å². The summed E-state index contributed by atoms with van der Waals surface area (Å²) in [6.45, 7) is 4.05. The quantitative estimate of drug-likeness (QED) is 0.624. The fraction of sp³-hybridized carbons (Fsp3) is 0.458. The summed E-state index contributed by atoms with van der Waals surface area (Å²) in [5.74, 6) is -1.70. The largest absolute Gasteiger partial charge is 0.380 e. The molecule has 0 bridgehead atoms. The summed E-state index contributed by atoms with van der Waals surface area (Å²) in [4.78, 5) is 6.59. The number of halogens is 2. The first-order chi connectivity index (χ1) is 15.9. The second kappa shape index (κ2) is 8.79. The van der Waals surface area contributed by atoms with Gasteiger partial charge in [-0.1, -0.05) is 6.92 Å². The lowest BCUT2D eigenvalue weighted by Crippen LogP contribution is -2.43. The van der Waals surface area contributed by atoms with Gasteiger partial charge in [-0.2, -0.15) is 10.2 Å². The number of ether oxygens (including phenoxy) is 1. The van der Waals surface area contributed by atoms with Crippen molar-refractivity contribution < 1.29 is 13.5 Å². The van der Waals surface area contributed by atoms with Crippen LogP contribution < -0.4 is 0 Å². The number of piperidine rings is 1. The summed E-state index contributed by atoms with van der Waals surface area (Å²) in [7, 11) is 3.54. The van der Waals surface area contributed by atoms with Crippen LogP contribution in [0.5, 0.6) is 0 Å². The number of rotatable bonds is 5. The van der Waals surface area contributed by atoms with E-state index in [0.717, 1.165) is 36.9 Å². The van der Waals surface area contributed by atoms with E-state index in [2.05, 4.69) is 25.2 Å². The monoisotopic (exact) mass is 454 g/mol. The Morgan fingerprint density at radius 2 is 2.12 bits per heavy atom. The summed E-state index contributed by atoms with van der Waals surface area (Å²) in [5, 5.41) is 12.3. The molecule has 33 heavy (non-hydrogen) atoms. The Labute approximate surface area is 191 Å². The van der Waals surface area contributed by atoms with Crippen LogP contribution in [0.15, 0.2) is 42.4 Å². The molecule has 1 N–H and O–H groups in total. The molecule has 4 heterocycles. The average molecular weight is 455 g/mol. The average Bonchev–Trinajstić information content (AvgIpc) is 3.42. The molecule has 0 amide bonds. The molecule has 3 unspecified atom stereocenters. The topological polar surface area (TPSA) is 71.9 Å². The normalized spacial score (nSPS) is 24.5. The summed E-state index contributed by atoms with van der Waals surface area (Å²) < 4.78 is 38.2. The van der Waals surface area contributed by atoms with Gasteiger partial charge in [-0.05, 0) is 37.4 Å². The van der Waals surface area contributed by atoms with Crippen molar-refractivity contribution in [1.82, 2.24) is 29.9 Å². The zero-order valence-electron chi connectivity index (χ0n) is 19.1. The van der Waals surface area contributed by atoms with Crippen LogP contribution in [-0.2, 0) is 11.8 Å². The molecule has 0 spiro atoms. The lowest BCUT2D eigenvalue weighted by molar-refractivity contribution is 0.0246. The maximum Gasteiger partial charge on any atom is 0.131 e. The molecule has 3 aromatic heterocycles. The summed E-state index contributed by atoms with van der Waals surface area (Å²) in [6.07, 6.45) is 8.83. The molecule has 3 atom stereocenters. The minimum Gasteiger partial charge on any atom is -0.380 e. The number of aromatic nitrogens is 5. The number of likely N-dealkylation sites (tertiary alicyclic amines) is 1. The highest BCUT2D eigenvalue weighted by Crippen LogP contribution is 2.41. The standard InChI is InChI=1S/C24H28F2N6O/c1-14-7-19(25)22(23(26)18(14)13-32-6-4-5-16(12-32)33-3)20-8-17-21(10-27-20)29-30-24(17)15-9-28-31(2)11-15/h7-11,14,16,18H,4-6,12-13H2,1-3H3,(H,29,30). The van der Waals surface area contributed by atoms with Crippen LogP contribution >= 0.6 is 0 Å². The van der Waals surface area contributed by atoms with Crippen molar-refractivity contribution in [3.8, 4) is 11.3 Å². The molecular formula is C24H28F2N6O. The molecular weight excluding hydrogens is 426 g/mol. The van der Waals surface area contributed by atoms with E-state index < -0.39 is 17.6 Å². The maximum absolute atomic E-state index is 15.8. The minimum atomic E-state index is -0.567. The number of methoxy groups -OCH3 is 1. The van der Waals surface area contributed by atoms with Gasteiger partial charge in [0.05, 0.1) is 35.3 Å². The van der Waals surface area contributed by atoms with Gasteiger partial charge in [0.15, 0.2) is 0 Å². The number of H-pyrrole nitrogens is 1. The third-order valence-corrected chi connectivity index (χ3v) is 6.78. The highest BCUT2D eigenvalue weighted by Gasteiger charge is 2.34. The third-order valence-electron chi connectivity index (χ3n) is 6.78. The molecule has 1 fully saturated rings. The molecule has 0 aromatic carbocycles. The van der Waals surface area contributed by atoms with Gasteiger partial charge in [0, 0.05) is 50.3 Å². The van der Waals surface area contributed by atoms with Crippen molar-refractivity contribution in [3.05, 3.63) is 48.1 Å². The molecule has 1 aliphatic heterocycles. The van der Waals surface area contributed by atoms with E-state index in [0.29, 0.717) is 17.8 Å². The van der Waals surface area contributed by atoms with Crippen LogP contribution in [0.4, 0.5) is 8.78 Å². The fourth-order valence-electron chi connectivity index (χ4n) is 4.92. The SMILES string of the molecule is COC1CCCN(CC2C(F)=C(c3cc4c(-c5cnn(C)c5)n[nH]c4cn3)C(F)=CC2C)C1. The Bertz CT molecular complexity index is 1230. The highest BCUT2D eigenvalue weighted by atomic mass is 19.1. The van der Waals surface area contributed by atoms with E-state index in [1.807, 2.05) is 20.2 Å². The number of fused-ring (bicyclic) bond motifs is 1. The first-order valence-corrected chi connectivity index (χ1v) is 11.3. The number of aromatic amines is 1. The molecule has 0 radical (unpaired) electrons. The minimum absolute atomic E-state index is 0.0568. The van der Waals surface area contributed by atoms with Crippen molar-refractivity contribution in [2.24, 2.45) is 18.9 Å². The first-order valence-electron chi connectivity index (χ1n) is 11.3. The first kappa shape index (κ1) is 21.9. The van der Waals surface area contributed by atoms with Crippen molar-refractivity contribution in [2.75, 3.05) is 26.7 Å². The van der Waals surface area contributed by atoms with E-state index in [-0.39, 0.29) is 23.3 Å². The van der Waals surface area contributed by atoms with Crippen LogP contribution in [-0.4, -0.2) is 62.7 Å². The van der Waals surface area contributed by atoms with Crippen LogP contribution in [0.25, 0.3) is 27.7 Å². The zero-order valence-corrected chi connectivity index (χ0v) is 19.1. The predicted molar refractivity (Wildman–Crippen MR) is 122 cm³/mol. The molecule has 3 aromatic rings. The van der Waals surface area contributed by atoms with E-state index >= 15 is 8.78 Å². The van der Waals surface area contributed by atoms with Crippen molar-refractivity contribution in [1.29, 1.82) is 0 Å². The van der Waals surface area contributed by atoms with Crippen LogP contribution in [0.2, 0.25) is 0 Å². The number of nitrogens with zero attached hydrogens (tertiary/aromatic N) is 5. The van der Waals surface area contributed by atoms with Crippen LogP contribution in [0.1, 0.15) is 25.5 Å². The van der Waals surface area contributed by atoms with Gasteiger partial charge in [-0.15, -0.1) is 0 Å². The lowest BCUT2D eigenvalue weighted by atomic mass is 9.83. The molecule has 9 heteroatoms. The molecule has 5 rings (SSSR count). The fourth-order valence-corrected chi connectivity index (χ4v) is 4.92. The second-order valence-electron chi connectivity index (χ2n) is 9.05. The summed E-state index contributed by atoms with van der Waals surface area (Å²) >= 11 is 0. The number of allylic oxidation sites excluding steroid dienone is 3. The van der Waals surface area contributed by atoms with Crippen molar-refractivity contribution >= 4 is 16.5 Å². The van der Waals surface area contributed by atoms with Gasteiger partial charge in [0.1, 0.15) is 17.3 Å². The van der Waals surface area contributed by atoms with Gasteiger partial charge in [-0.25, -0.2) is 8.78 Å². The second-order valence-corrected chi connectivity index (χ2v) is 9.05. The smallest absolute Gasteiger partial charge is 0.131 e. The molecule has 1 saturated heterocycles. The Balaban J connectivity index is 1.50. The van der Waals surface area contributed by atoms with Crippen LogP contribution in [0, 0.1) is 11.8 Å². The Morgan fingerprint density at radius 1 is 1.27 bits per heavy atom. The molecule has 174 valence electrons. The van der Waals surface area contributed by atoms with E-state index in [1.54, 1.807) is 30.3 Å². The predicted octanol–water partition coefficient (Wildman–Crippen LogP) is 4.27. The number of pyridine rings is 1. The van der Waals surface area contributed by atoms with E-state index in [9.17, 15) is 0 Å². The molecule has 7 nitrogen and oxygen atoms in total. The number of nitrogens with one attached hydrogen (secondary N) is 1. The van der Waals surface area contributed by atoms with E-state index in [4.69, 9.17) is 4.74 Å². The highest BCUT2D eigenvalue weighted by molar-refractivity contribution is 5.94. The maximum atomic E-state index is 15.8. The Hall–Kier alpha value is -2.91. The van der Waals surface area contributed by atoms with Gasteiger partial charge in [0.25, 0.3) is 0 Å². The third kappa shape index (κ3) is 4.11. The molecule has 1 aliphatic carbocycles. The lowest BCUT2D eigenvalue weighted by Gasteiger charge is -2.36. The summed E-state index contributed by atoms with van der Waals surface area (Å²) in [5.41, 5.74) is 2.40. The Morgan fingerprint density at radius 3 is 2.88 bits per heavy atom. The van der Waals surface area contributed by atoms with E-state index in [1.165, 1.54) is 6.08 Å². The van der Waals surface area contributed by atoms with Gasteiger partial charge < -0.3 is 9.64 Å². The van der Waals surface area contributed by atoms with Crippen LogP contribution in [0.3, 0.4) is 0 Å². The molecule has 0 saturated carbocycles. The number of hydrogen-bond acceptors (Lipinski definition) is 5. The number of aryl methyl sites for hydroxylation is 1. The number of hydrogen-bond donors (Lipinski definition) is 1. The van der Waals surface area contributed by atoms with Gasteiger partial charge in [0.2, 0.25) is 0 Å².